The highest BCUT2D eigenvalue weighted by molar-refractivity contribution is 5.92. The Labute approximate surface area is 157 Å². The van der Waals surface area contributed by atoms with Crippen LogP contribution in [0.25, 0.3) is 16.7 Å². The van der Waals surface area contributed by atoms with E-state index in [9.17, 15) is 9.59 Å². The molecule has 1 heterocycles. The van der Waals surface area contributed by atoms with E-state index in [1.54, 1.807) is 25.2 Å². The monoisotopic (exact) mass is 365 g/mol. The first kappa shape index (κ1) is 18.5. The molecule has 0 radical (unpaired) electrons. The number of allylic oxidation sites excluding steroid dienone is 1. The van der Waals surface area contributed by atoms with Gasteiger partial charge in [-0.25, -0.2) is 9.59 Å². The molecule has 2 aromatic carbocycles. The zero-order valence-corrected chi connectivity index (χ0v) is 15.9. The van der Waals surface area contributed by atoms with Gasteiger partial charge in [-0.1, -0.05) is 30.4 Å². The number of nitrogens with one attached hydrogen (secondary N) is 2. The van der Waals surface area contributed by atoms with Crippen molar-refractivity contribution in [2.75, 3.05) is 5.32 Å². The molecule has 0 fully saturated rings. The van der Waals surface area contributed by atoms with Crippen molar-refractivity contribution in [3.63, 3.8) is 0 Å². The van der Waals surface area contributed by atoms with Crippen molar-refractivity contribution in [3.05, 3.63) is 70.7 Å². The molecule has 6 nitrogen and oxygen atoms in total. The fraction of sp³-hybridized carbons (Fsp3) is 0.238. The van der Waals surface area contributed by atoms with Gasteiger partial charge in [0.15, 0.2) is 5.58 Å². The van der Waals surface area contributed by atoms with Crippen LogP contribution in [0.5, 0.6) is 0 Å². The lowest BCUT2D eigenvalue weighted by Crippen LogP contribution is -2.43. The standard InChI is InChI=1S/C21H23N3O3/c1-13(2)14-7-6-8-15(11-14)21(3,4)23-19(25)22-16-9-10-18-17(12-16)24(5)20(26)27-18/h6-12H,1H2,2-5H3,(H2,22,23,25). The molecule has 2 amide bonds. The quantitative estimate of drug-likeness (QED) is 0.727. The van der Waals surface area contributed by atoms with Gasteiger partial charge in [0.2, 0.25) is 0 Å². The molecule has 0 saturated carbocycles. The lowest BCUT2D eigenvalue weighted by molar-refractivity contribution is 0.242. The van der Waals surface area contributed by atoms with E-state index >= 15 is 0 Å². The molecule has 0 aliphatic rings. The van der Waals surface area contributed by atoms with Gasteiger partial charge in [-0.05, 0) is 56.2 Å². The number of oxazole rings is 1. The molecule has 0 bridgehead atoms. The van der Waals surface area contributed by atoms with Crippen LogP contribution in [0.15, 0.2) is 58.3 Å². The second-order valence-electron chi connectivity index (χ2n) is 7.17. The maximum absolute atomic E-state index is 12.5. The fourth-order valence-electron chi connectivity index (χ4n) is 2.90. The third-order valence-corrected chi connectivity index (χ3v) is 4.55. The molecule has 0 aliphatic carbocycles. The van der Waals surface area contributed by atoms with E-state index in [0.717, 1.165) is 16.7 Å². The Morgan fingerprint density at radius 2 is 1.93 bits per heavy atom. The largest absolute Gasteiger partial charge is 0.419 e. The van der Waals surface area contributed by atoms with Crippen LogP contribution in [0, 0.1) is 0 Å². The van der Waals surface area contributed by atoms with Crippen molar-refractivity contribution in [1.29, 1.82) is 0 Å². The minimum atomic E-state index is -0.581. The van der Waals surface area contributed by atoms with Gasteiger partial charge in [0.05, 0.1) is 11.1 Å². The lowest BCUT2D eigenvalue weighted by atomic mass is 9.92. The second-order valence-corrected chi connectivity index (χ2v) is 7.17. The minimum Gasteiger partial charge on any atom is -0.408 e. The first-order valence-corrected chi connectivity index (χ1v) is 8.62. The summed E-state index contributed by atoms with van der Waals surface area (Å²) in [7, 11) is 1.62. The van der Waals surface area contributed by atoms with Crippen LogP contribution in [0.3, 0.4) is 0 Å². The first-order chi connectivity index (χ1) is 12.7. The SMILES string of the molecule is C=C(C)c1cccc(C(C)(C)NC(=O)Nc2ccc3oc(=O)n(C)c3c2)c1. The zero-order chi connectivity index (χ0) is 19.8. The summed E-state index contributed by atoms with van der Waals surface area (Å²) in [5.74, 6) is -0.440. The van der Waals surface area contributed by atoms with Gasteiger partial charge in [-0.3, -0.25) is 4.57 Å². The van der Waals surface area contributed by atoms with E-state index in [1.165, 1.54) is 4.57 Å². The summed E-state index contributed by atoms with van der Waals surface area (Å²) in [6.45, 7) is 9.79. The van der Waals surface area contributed by atoms with E-state index < -0.39 is 11.3 Å². The van der Waals surface area contributed by atoms with Gasteiger partial charge in [0, 0.05) is 12.7 Å². The van der Waals surface area contributed by atoms with E-state index in [0.29, 0.717) is 16.8 Å². The first-order valence-electron chi connectivity index (χ1n) is 8.62. The number of hydrogen-bond donors (Lipinski definition) is 2. The summed E-state index contributed by atoms with van der Waals surface area (Å²) in [4.78, 5) is 24.1. The number of carbonyl (C=O) groups is 1. The lowest BCUT2D eigenvalue weighted by Gasteiger charge is -2.27. The van der Waals surface area contributed by atoms with Crippen LogP contribution in [-0.4, -0.2) is 10.6 Å². The number of aromatic nitrogens is 1. The van der Waals surface area contributed by atoms with Crippen molar-refractivity contribution < 1.29 is 9.21 Å². The van der Waals surface area contributed by atoms with Crippen LogP contribution in [0.2, 0.25) is 0 Å². The van der Waals surface area contributed by atoms with Crippen molar-refractivity contribution in [2.24, 2.45) is 7.05 Å². The minimum absolute atomic E-state index is 0.339. The van der Waals surface area contributed by atoms with E-state index in [1.807, 2.05) is 45.0 Å². The molecule has 3 rings (SSSR count). The average Bonchev–Trinajstić information content (AvgIpc) is 2.89. The van der Waals surface area contributed by atoms with Crippen molar-refractivity contribution >= 4 is 28.4 Å². The van der Waals surface area contributed by atoms with Gasteiger partial charge in [-0.15, -0.1) is 0 Å². The summed E-state index contributed by atoms with van der Waals surface area (Å²) in [6, 6.07) is 12.7. The van der Waals surface area contributed by atoms with Crippen LogP contribution < -0.4 is 16.4 Å². The molecule has 0 aliphatic heterocycles. The topological polar surface area (TPSA) is 76.3 Å². The molecule has 3 aromatic rings. The van der Waals surface area contributed by atoms with Crippen LogP contribution in [0.1, 0.15) is 31.9 Å². The predicted molar refractivity (Wildman–Crippen MR) is 108 cm³/mol. The summed E-state index contributed by atoms with van der Waals surface area (Å²) in [6.07, 6.45) is 0. The number of urea groups is 1. The summed E-state index contributed by atoms with van der Waals surface area (Å²) in [5.41, 5.74) is 4.07. The summed E-state index contributed by atoms with van der Waals surface area (Å²) < 4.78 is 6.49. The number of amides is 2. The van der Waals surface area contributed by atoms with Gasteiger partial charge >= 0.3 is 11.8 Å². The molecule has 140 valence electrons. The molecular formula is C21H23N3O3. The Kier molecular flexibility index (Phi) is 4.66. The molecule has 1 aromatic heterocycles. The van der Waals surface area contributed by atoms with Gasteiger partial charge in [0.1, 0.15) is 0 Å². The number of aryl methyl sites for hydroxylation is 1. The Morgan fingerprint density at radius 1 is 1.19 bits per heavy atom. The molecule has 0 saturated heterocycles. The maximum atomic E-state index is 12.5. The van der Waals surface area contributed by atoms with Gasteiger partial charge < -0.3 is 15.1 Å². The van der Waals surface area contributed by atoms with Crippen molar-refractivity contribution in [2.45, 2.75) is 26.3 Å². The summed E-state index contributed by atoms with van der Waals surface area (Å²) >= 11 is 0. The third kappa shape index (κ3) is 3.79. The molecule has 0 spiro atoms. The Hall–Kier alpha value is -3.28. The number of rotatable bonds is 4. The second kappa shape index (κ2) is 6.79. The van der Waals surface area contributed by atoms with Crippen molar-refractivity contribution in [1.82, 2.24) is 9.88 Å². The number of nitrogens with zero attached hydrogens (tertiary/aromatic N) is 1. The summed E-state index contributed by atoms with van der Waals surface area (Å²) in [5, 5.41) is 5.79. The number of fused-ring (bicyclic) bond motifs is 1. The van der Waals surface area contributed by atoms with E-state index in [4.69, 9.17) is 4.42 Å². The Morgan fingerprint density at radius 3 is 2.63 bits per heavy atom. The van der Waals surface area contributed by atoms with E-state index in [-0.39, 0.29) is 6.03 Å². The molecule has 27 heavy (non-hydrogen) atoms. The Balaban J connectivity index is 1.78. The van der Waals surface area contributed by atoms with Gasteiger partial charge in [0.25, 0.3) is 0 Å². The third-order valence-electron chi connectivity index (χ3n) is 4.55. The molecule has 6 heteroatoms. The fourth-order valence-corrected chi connectivity index (χ4v) is 2.90. The molecule has 0 atom stereocenters. The van der Waals surface area contributed by atoms with E-state index in [2.05, 4.69) is 17.2 Å². The van der Waals surface area contributed by atoms with Crippen LogP contribution in [-0.2, 0) is 12.6 Å². The highest BCUT2D eigenvalue weighted by Crippen LogP contribution is 2.24. The molecule has 0 unspecified atom stereocenters. The number of carbonyl (C=O) groups excluding carboxylic acids is 1. The highest BCUT2D eigenvalue weighted by atomic mass is 16.4. The molecular weight excluding hydrogens is 342 g/mol. The van der Waals surface area contributed by atoms with Gasteiger partial charge in [-0.2, -0.15) is 0 Å². The average molecular weight is 365 g/mol. The number of benzene rings is 2. The maximum Gasteiger partial charge on any atom is 0.419 e. The Bertz CT molecular complexity index is 1090. The molecule has 2 N–H and O–H groups in total. The highest BCUT2D eigenvalue weighted by Gasteiger charge is 2.23. The van der Waals surface area contributed by atoms with Crippen molar-refractivity contribution in [3.8, 4) is 0 Å². The predicted octanol–water partition coefficient (Wildman–Crippen LogP) is 4.22. The zero-order valence-electron chi connectivity index (χ0n) is 15.9. The smallest absolute Gasteiger partial charge is 0.408 e. The normalized spacial score (nSPS) is 11.4. The van der Waals surface area contributed by atoms with Crippen LogP contribution in [0.4, 0.5) is 10.5 Å². The van der Waals surface area contributed by atoms with Crippen LogP contribution >= 0.6 is 0 Å². The number of hydrogen-bond acceptors (Lipinski definition) is 3. The number of anilines is 1.